The molecule has 1 aromatic carbocycles. The summed E-state index contributed by atoms with van der Waals surface area (Å²) < 4.78 is 23.1. The summed E-state index contributed by atoms with van der Waals surface area (Å²) in [5.74, 6) is 1.82. The lowest BCUT2D eigenvalue weighted by Gasteiger charge is -2.32. The molecule has 0 bridgehead atoms. The number of ether oxygens (including phenoxy) is 4. The minimum atomic E-state index is -0.683. The molecule has 0 radical (unpaired) electrons. The summed E-state index contributed by atoms with van der Waals surface area (Å²) in [6.07, 6.45) is 6.63. The summed E-state index contributed by atoms with van der Waals surface area (Å²) in [6.45, 7) is 5.87. The van der Waals surface area contributed by atoms with E-state index in [1.807, 2.05) is 12.1 Å². The first kappa shape index (κ1) is 23.0. The highest BCUT2D eigenvalue weighted by atomic mass is 32.3. The van der Waals surface area contributed by atoms with Gasteiger partial charge in [-0.25, -0.2) is 14.8 Å². The number of likely N-dealkylation sites (N-methyl/N-ethyl adjacent to an activating group) is 1. The van der Waals surface area contributed by atoms with Gasteiger partial charge in [-0.3, -0.25) is 0 Å². The molecule has 0 unspecified atom stereocenters. The molecule has 0 aliphatic carbocycles. The Kier molecular flexibility index (Phi) is 6.79. The van der Waals surface area contributed by atoms with E-state index in [0.717, 1.165) is 34.7 Å². The number of amides is 1. The van der Waals surface area contributed by atoms with Gasteiger partial charge in [-0.2, -0.15) is 0 Å². The Bertz CT molecular complexity index is 770. The standard InChI is InChI=1S/C22H36N2O5S/c1-22(2)11-15-9-18(23)17(10-19(15)29-22)16-13-27-20(28-14-16)12-24(3)21(25)26-7-8-30(4,5)6/h9-10,16,20H,7-8,11-14,23H2,1-6H3/t16-,20+. The van der Waals surface area contributed by atoms with Crippen LogP contribution in [0.4, 0.5) is 10.5 Å². The van der Waals surface area contributed by atoms with E-state index < -0.39 is 16.3 Å². The van der Waals surface area contributed by atoms with Crippen molar-refractivity contribution < 1.29 is 23.7 Å². The molecule has 8 heteroatoms. The summed E-state index contributed by atoms with van der Waals surface area (Å²) in [5, 5.41) is 0. The minimum absolute atomic E-state index is 0.0332. The lowest BCUT2D eigenvalue weighted by Crippen LogP contribution is -2.41. The number of hydrogen-bond donors (Lipinski definition) is 1. The second-order valence-corrected chi connectivity index (χ2v) is 14.3. The average molecular weight is 441 g/mol. The SMILES string of the molecule is CN(C[C@H]1OC[C@@H](c2cc3c(cc2N)CC(C)(C)O3)CO1)C(=O)OCCS(C)(C)C. The molecule has 30 heavy (non-hydrogen) atoms. The molecule has 2 aliphatic heterocycles. The third kappa shape index (κ3) is 5.95. The third-order valence-corrected chi connectivity index (χ3v) is 6.72. The van der Waals surface area contributed by atoms with Crippen molar-refractivity contribution in [3.8, 4) is 5.75 Å². The van der Waals surface area contributed by atoms with Crippen LogP contribution < -0.4 is 10.5 Å². The van der Waals surface area contributed by atoms with Crippen LogP contribution in [0.2, 0.25) is 0 Å². The van der Waals surface area contributed by atoms with Crippen LogP contribution >= 0.6 is 10.0 Å². The Hall–Kier alpha value is -1.64. The zero-order valence-electron chi connectivity index (χ0n) is 19.0. The van der Waals surface area contributed by atoms with Gasteiger partial charge in [-0.05, 0) is 50.3 Å². The van der Waals surface area contributed by atoms with E-state index in [2.05, 4.69) is 32.6 Å². The highest BCUT2D eigenvalue weighted by molar-refractivity contribution is 8.32. The topological polar surface area (TPSA) is 83.3 Å². The average Bonchev–Trinajstić information content (AvgIpc) is 2.93. The van der Waals surface area contributed by atoms with Crippen LogP contribution in [0, 0.1) is 0 Å². The smallest absolute Gasteiger partial charge is 0.409 e. The number of anilines is 1. The van der Waals surface area contributed by atoms with Crippen LogP contribution in [0.5, 0.6) is 5.75 Å². The molecule has 1 aromatic rings. The molecule has 2 N–H and O–H groups in total. The molecule has 0 aromatic heterocycles. The Balaban J connectivity index is 1.49. The number of benzene rings is 1. The van der Waals surface area contributed by atoms with Gasteiger partial charge in [0.2, 0.25) is 0 Å². The van der Waals surface area contributed by atoms with E-state index in [4.69, 9.17) is 24.7 Å². The van der Waals surface area contributed by atoms with Crippen molar-refractivity contribution in [3.05, 3.63) is 23.3 Å². The number of rotatable bonds is 6. The van der Waals surface area contributed by atoms with E-state index in [-0.39, 0.29) is 17.6 Å². The van der Waals surface area contributed by atoms with Crippen LogP contribution in [0.3, 0.4) is 0 Å². The molecule has 3 rings (SSSR count). The first-order valence-electron chi connectivity index (χ1n) is 10.3. The highest BCUT2D eigenvalue weighted by Gasteiger charge is 2.33. The second kappa shape index (κ2) is 8.85. The maximum Gasteiger partial charge on any atom is 0.409 e. The Morgan fingerprint density at radius 2 is 1.93 bits per heavy atom. The number of nitrogens with two attached hydrogens (primary N) is 1. The van der Waals surface area contributed by atoms with E-state index in [1.54, 1.807) is 7.05 Å². The number of nitrogens with zero attached hydrogens (tertiary/aromatic N) is 1. The maximum absolute atomic E-state index is 12.2. The van der Waals surface area contributed by atoms with Gasteiger partial charge in [0.15, 0.2) is 6.29 Å². The second-order valence-electron chi connectivity index (χ2n) is 9.71. The van der Waals surface area contributed by atoms with Crippen LogP contribution in [0.25, 0.3) is 0 Å². The quantitative estimate of drug-likeness (QED) is 0.684. The van der Waals surface area contributed by atoms with Gasteiger partial charge >= 0.3 is 6.09 Å². The third-order valence-electron chi connectivity index (χ3n) is 5.33. The first-order valence-corrected chi connectivity index (χ1v) is 13.3. The monoisotopic (exact) mass is 440 g/mol. The number of carbonyl (C=O) groups is 1. The molecule has 7 nitrogen and oxygen atoms in total. The zero-order valence-corrected chi connectivity index (χ0v) is 19.8. The highest BCUT2D eigenvalue weighted by Crippen LogP contribution is 2.40. The molecule has 1 saturated heterocycles. The Morgan fingerprint density at radius 1 is 1.27 bits per heavy atom. The maximum atomic E-state index is 12.2. The largest absolute Gasteiger partial charge is 0.487 e. The predicted octanol–water partition coefficient (Wildman–Crippen LogP) is 3.20. The summed E-state index contributed by atoms with van der Waals surface area (Å²) >= 11 is 0. The lowest BCUT2D eigenvalue weighted by atomic mass is 9.94. The fourth-order valence-corrected chi connectivity index (χ4v) is 4.24. The van der Waals surface area contributed by atoms with Gasteiger partial charge in [0, 0.05) is 36.4 Å². The molecule has 2 heterocycles. The van der Waals surface area contributed by atoms with Crippen LogP contribution in [0.1, 0.15) is 30.9 Å². The predicted molar refractivity (Wildman–Crippen MR) is 122 cm³/mol. The fourth-order valence-electron chi connectivity index (χ4n) is 3.65. The molecular formula is C22H36N2O5S. The number of nitrogen functional groups attached to an aromatic ring is 1. The van der Waals surface area contributed by atoms with Gasteiger partial charge in [0.25, 0.3) is 0 Å². The molecule has 0 spiro atoms. The molecule has 2 aliphatic rings. The van der Waals surface area contributed by atoms with Crippen molar-refractivity contribution in [2.75, 3.05) is 63.7 Å². The Labute approximate surface area is 181 Å². The molecular weight excluding hydrogens is 404 g/mol. The minimum Gasteiger partial charge on any atom is -0.487 e. The van der Waals surface area contributed by atoms with E-state index in [1.165, 1.54) is 4.90 Å². The van der Waals surface area contributed by atoms with Gasteiger partial charge in [0.1, 0.15) is 18.0 Å². The molecule has 170 valence electrons. The van der Waals surface area contributed by atoms with Crippen LogP contribution in [-0.4, -0.2) is 80.8 Å². The van der Waals surface area contributed by atoms with Crippen molar-refractivity contribution in [2.45, 2.75) is 38.1 Å². The molecule has 1 fully saturated rings. The van der Waals surface area contributed by atoms with Gasteiger partial charge < -0.3 is 29.6 Å². The van der Waals surface area contributed by atoms with Crippen molar-refractivity contribution >= 4 is 21.8 Å². The summed E-state index contributed by atoms with van der Waals surface area (Å²) in [5.41, 5.74) is 8.98. The van der Waals surface area contributed by atoms with E-state index >= 15 is 0 Å². The van der Waals surface area contributed by atoms with E-state index in [0.29, 0.717) is 26.4 Å². The lowest BCUT2D eigenvalue weighted by molar-refractivity contribution is -0.191. The zero-order chi connectivity index (χ0) is 22.1. The molecule has 0 saturated carbocycles. The molecule has 1 amide bonds. The van der Waals surface area contributed by atoms with Crippen molar-refractivity contribution in [1.82, 2.24) is 4.90 Å². The van der Waals surface area contributed by atoms with Crippen molar-refractivity contribution in [2.24, 2.45) is 0 Å². The van der Waals surface area contributed by atoms with Crippen LogP contribution in [0.15, 0.2) is 12.1 Å². The summed E-state index contributed by atoms with van der Waals surface area (Å²) in [7, 11) is 1.01. The number of hydrogen-bond acceptors (Lipinski definition) is 6. The van der Waals surface area contributed by atoms with Crippen molar-refractivity contribution in [1.29, 1.82) is 0 Å². The normalized spacial score (nSPS) is 23.4. The van der Waals surface area contributed by atoms with Crippen molar-refractivity contribution in [3.63, 3.8) is 0 Å². The summed E-state index contributed by atoms with van der Waals surface area (Å²) in [6, 6.07) is 4.03. The van der Waals surface area contributed by atoms with Gasteiger partial charge in [-0.15, -0.1) is 0 Å². The fraction of sp³-hybridized carbons (Fsp3) is 0.682. The molecule has 0 atom stereocenters. The number of fused-ring (bicyclic) bond motifs is 1. The first-order chi connectivity index (χ1) is 13.9. The van der Waals surface area contributed by atoms with Gasteiger partial charge in [-0.1, -0.05) is 0 Å². The van der Waals surface area contributed by atoms with E-state index in [9.17, 15) is 4.79 Å². The van der Waals surface area contributed by atoms with Gasteiger partial charge in [0.05, 0.1) is 19.8 Å². The summed E-state index contributed by atoms with van der Waals surface area (Å²) in [4.78, 5) is 13.7. The number of carbonyl (C=O) groups excluding carboxylic acids is 1. The van der Waals surface area contributed by atoms with Crippen LogP contribution in [-0.2, 0) is 20.6 Å². The Morgan fingerprint density at radius 3 is 2.57 bits per heavy atom.